The number of aryl methyl sites for hydroxylation is 2. The van der Waals surface area contributed by atoms with Crippen molar-refractivity contribution >= 4 is 14.0 Å². The number of hydrogen-bond acceptors (Lipinski definition) is 0. The lowest BCUT2D eigenvalue weighted by molar-refractivity contribution is 0.696. The number of hydrogen-bond donors (Lipinski definition) is 0. The van der Waals surface area contributed by atoms with E-state index in [1.807, 2.05) is 0 Å². The van der Waals surface area contributed by atoms with Gasteiger partial charge in [0.15, 0.2) is 0 Å². The van der Waals surface area contributed by atoms with Crippen molar-refractivity contribution < 1.29 is 0 Å². The molecule has 1 aromatic carbocycles. The fourth-order valence-electron chi connectivity index (χ4n) is 3.79. The molecule has 0 aromatic heterocycles. The Morgan fingerprint density at radius 1 is 0.792 bits per heavy atom. The SMILES string of the molecule is CCCCCCP(CCCCCC)C1=Cc2c(C)ccc(C)c2C1. The molecule has 1 aromatic rings. The van der Waals surface area contributed by atoms with E-state index in [4.69, 9.17) is 0 Å². The highest BCUT2D eigenvalue weighted by Gasteiger charge is 2.22. The molecule has 1 aliphatic rings. The molecule has 0 heterocycles. The van der Waals surface area contributed by atoms with E-state index in [0.717, 1.165) is 0 Å². The van der Waals surface area contributed by atoms with E-state index in [1.165, 1.54) is 81.2 Å². The lowest BCUT2D eigenvalue weighted by Gasteiger charge is -2.19. The van der Waals surface area contributed by atoms with E-state index < -0.39 is 0 Å². The summed E-state index contributed by atoms with van der Waals surface area (Å²) in [7, 11) is 0.0950. The number of allylic oxidation sites excluding steroid dienone is 1. The molecule has 0 fully saturated rings. The molecule has 134 valence electrons. The third kappa shape index (κ3) is 5.45. The van der Waals surface area contributed by atoms with Gasteiger partial charge in [-0.25, -0.2) is 0 Å². The first-order valence-electron chi connectivity index (χ1n) is 10.2. The maximum absolute atomic E-state index is 2.59. The first-order valence-corrected chi connectivity index (χ1v) is 11.9. The van der Waals surface area contributed by atoms with Gasteiger partial charge in [-0.05, 0) is 73.0 Å². The summed E-state index contributed by atoms with van der Waals surface area (Å²) in [5.74, 6) is 0. The van der Waals surface area contributed by atoms with Crippen LogP contribution in [0.5, 0.6) is 0 Å². The maximum atomic E-state index is 2.59. The summed E-state index contributed by atoms with van der Waals surface area (Å²) in [5, 5.41) is 1.80. The van der Waals surface area contributed by atoms with E-state index in [2.05, 4.69) is 45.9 Å². The van der Waals surface area contributed by atoms with Gasteiger partial charge in [-0.1, -0.05) is 78.5 Å². The first kappa shape index (κ1) is 19.7. The Kier molecular flexibility index (Phi) is 8.54. The van der Waals surface area contributed by atoms with Gasteiger partial charge < -0.3 is 0 Å². The Labute approximate surface area is 151 Å². The second-order valence-electron chi connectivity index (χ2n) is 7.51. The maximum Gasteiger partial charge on any atom is -0.00124 e. The molecule has 24 heavy (non-hydrogen) atoms. The van der Waals surface area contributed by atoms with Gasteiger partial charge in [0.25, 0.3) is 0 Å². The summed E-state index contributed by atoms with van der Waals surface area (Å²) in [5.41, 5.74) is 6.14. The van der Waals surface area contributed by atoms with E-state index in [9.17, 15) is 0 Å². The second kappa shape index (κ2) is 10.4. The molecule has 0 N–H and O–H groups in total. The lowest BCUT2D eigenvalue weighted by atomic mass is 10.00. The van der Waals surface area contributed by atoms with Crippen molar-refractivity contribution in [1.82, 2.24) is 0 Å². The van der Waals surface area contributed by atoms with Crippen molar-refractivity contribution in [2.24, 2.45) is 0 Å². The van der Waals surface area contributed by atoms with Crippen LogP contribution in [0.3, 0.4) is 0 Å². The number of unbranched alkanes of at least 4 members (excludes halogenated alkanes) is 6. The predicted octanol–water partition coefficient (Wildman–Crippen LogP) is 7.84. The van der Waals surface area contributed by atoms with Crippen LogP contribution in [0.15, 0.2) is 17.4 Å². The van der Waals surface area contributed by atoms with Crippen LogP contribution in [-0.4, -0.2) is 12.3 Å². The van der Waals surface area contributed by atoms with Crippen LogP contribution >= 0.6 is 7.92 Å². The molecule has 1 aliphatic carbocycles. The molecular formula is C23H37P. The van der Waals surface area contributed by atoms with Crippen molar-refractivity contribution in [2.45, 2.75) is 85.5 Å². The van der Waals surface area contributed by atoms with Crippen LogP contribution < -0.4 is 0 Å². The fraction of sp³-hybridized carbons (Fsp3) is 0.652. The molecule has 0 spiro atoms. The monoisotopic (exact) mass is 344 g/mol. The average Bonchev–Trinajstić information content (AvgIpc) is 3.03. The van der Waals surface area contributed by atoms with Crippen LogP contribution in [0.4, 0.5) is 0 Å². The minimum absolute atomic E-state index is 0.0950. The highest BCUT2D eigenvalue weighted by atomic mass is 31.1. The van der Waals surface area contributed by atoms with Crippen LogP contribution in [0.1, 0.15) is 87.5 Å². The predicted molar refractivity (Wildman–Crippen MR) is 113 cm³/mol. The van der Waals surface area contributed by atoms with Gasteiger partial charge >= 0.3 is 0 Å². The van der Waals surface area contributed by atoms with Crippen LogP contribution in [0.2, 0.25) is 0 Å². The zero-order valence-corrected chi connectivity index (χ0v) is 17.4. The molecule has 2 rings (SSSR count). The molecule has 0 aliphatic heterocycles. The molecule has 0 radical (unpaired) electrons. The van der Waals surface area contributed by atoms with Gasteiger partial charge in [-0.2, -0.15) is 0 Å². The summed E-state index contributed by atoms with van der Waals surface area (Å²) < 4.78 is 0. The fourth-order valence-corrected chi connectivity index (χ4v) is 6.49. The Morgan fingerprint density at radius 2 is 1.38 bits per heavy atom. The smallest absolute Gasteiger partial charge is 0.00124 e. The van der Waals surface area contributed by atoms with Gasteiger partial charge in [0.05, 0.1) is 0 Å². The van der Waals surface area contributed by atoms with E-state index in [1.54, 1.807) is 16.4 Å². The second-order valence-corrected chi connectivity index (χ2v) is 10.1. The summed E-state index contributed by atoms with van der Waals surface area (Å²) in [6.45, 7) is 9.20. The van der Waals surface area contributed by atoms with Crippen LogP contribution in [0, 0.1) is 13.8 Å². The highest BCUT2D eigenvalue weighted by Crippen LogP contribution is 2.52. The molecule has 0 unspecified atom stereocenters. The van der Waals surface area contributed by atoms with Crippen molar-refractivity contribution in [3.63, 3.8) is 0 Å². The summed E-state index contributed by atoms with van der Waals surface area (Å²) >= 11 is 0. The van der Waals surface area contributed by atoms with Crippen molar-refractivity contribution in [1.29, 1.82) is 0 Å². The Morgan fingerprint density at radius 3 is 1.92 bits per heavy atom. The minimum atomic E-state index is 0.0950. The minimum Gasteiger partial charge on any atom is -0.0794 e. The molecule has 0 bridgehead atoms. The van der Waals surface area contributed by atoms with Crippen molar-refractivity contribution in [3.8, 4) is 0 Å². The van der Waals surface area contributed by atoms with Crippen LogP contribution in [0.25, 0.3) is 6.08 Å². The van der Waals surface area contributed by atoms with Crippen molar-refractivity contribution in [2.75, 3.05) is 12.3 Å². The normalized spacial score (nSPS) is 13.5. The molecule has 1 heteroatoms. The van der Waals surface area contributed by atoms with E-state index in [-0.39, 0.29) is 7.92 Å². The number of fused-ring (bicyclic) bond motifs is 1. The van der Waals surface area contributed by atoms with Crippen molar-refractivity contribution in [3.05, 3.63) is 39.7 Å². The topological polar surface area (TPSA) is 0 Å². The summed E-state index contributed by atoms with van der Waals surface area (Å²) in [6, 6.07) is 4.62. The van der Waals surface area contributed by atoms with E-state index >= 15 is 0 Å². The molecule has 0 amide bonds. The summed E-state index contributed by atoms with van der Waals surface area (Å²) in [4.78, 5) is 0. The first-order chi connectivity index (χ1) is 11.7. The van der Waals surface area contributed by atoms with Gasteiger partial charge in [-0.3, -0.25) is 0 Å². The quantitative estimate of drug-likeness (QED) is 0.283. The number of benzene rings is 1. The molecular weight excluding hydrogens is 307 g/mol. The van der Waals surface area contributed by atoms with Crippen LogP contribution in [-0.2, 0) is 6.42 Å². The Hall–Kier alpha value is -0.610. The Balaban J connectivity index is 2.02. The number of rotatable bonds is 11. The highest BCUT2D eigenvalue weighted by molar-refractivity contribution is 7.62. The van der Waals surface area contributed by atoms with Gasteiger partial charge in [0, 0.05) is 0 Å². The average molecular weight is 345 g/mol. The zero-order valence-electron chi connectivity index (χ0n) is 16.5. The van der Waals surface area contributed by atoms with Gasteiger partial charge in [-0.15, -0.1) is 0 Å². The molecule has 0 atom stereocenters. The third-order valence-electron chi connectivity index (χ3n) is 5.45. The van der Waals surface area contributed by atoms with E-state index in [0.29, 0.717) is 0 Å². The third-order valence-corrected chi connectivity index (χ3v) is 8.26. The molecule has 0 nitrogen and oxygen atoms in total. The largest absolute Gasteiger partial charge is 0.0794 e. The standard InChI is InChI=1S/C23H37P/c1-5-7-9-11-15-24(16-12-10-8-6-2)21-17-22-19(3)13-14-20(4)23(22)18-21/h13-14,17H,5-12,15-16,18H2,1-4H3. The zero-order chi connectivity index (χ0) is 17.4. The van der Waals surface area contributed by atoms with Gasteiger partial charge in [0.1, 0.15) is 0 Å². The summed E-state index contributed by atoms with van der Waals surface area (Å²) in [6.07, 6.45) is 18.1. The lowest BCUT2D eigenvalue weighted by Crippen LogP contribution is -1.96. The molecule has 0 saturated carbocycles. The molecule has 0 saturated heterocycles. The Bertz CT molecular complexity index is 529. The van der Waals surface area contributed by atoms with Gasteiger partial charge in [0.2, 0.25) is 0 Å².